The smallest absolute Gasteiger partial charge is 0.278 e. The summed E-state index contributed by atoms with van der Waals surface area (Å²) in [6.07, 6.45) is 0. The number of nitrogens with one attached hydrogen (secondary N) is 1. The number of rotatable bonds is 4. The zero-order valence-electron chi connectivity index (χ0n) is 13.3. The molecule has 0 aliphatic carbocycles. The van der Waals surface area contributed by atoms with Crippen LogP contribution in [0.4, 0.5) is 15.8 Å². The van der Waals surface area contributed by atoms with Gasteiger partial charge in [0, 0.05) is 17.2 Å². The van der Waals surface area contributed by atoms with Gasteiger partial charge in [-0.15, -0.1) is 5.10 Å². The number of carbonyl (C=O) groups excluding carboxylic acids is 1. The van der Waals surface area contributed by atoms with Crippen molar-refractivity contribution < 1.29 is 14.1 Å². The van der Waals surface area contributed by atoms with Crippen molar-refractivity contribution in [1.82, 2.24) is 15.0 Å². The van der Waals surface area contributed by atoms with Crippen LogP contribution in [0.5, 0.6) is 0 Å². The maximum atomic E-state index is 13.8. The summed E-state index contributed by atoms with van der Waals surface area (Å²) in [4.78, 5) is 22.7. The second-order valence-electron chi connectivity index (χ2n) is 5.29. The summed E-state index contributed by atoms with van der Waals surface area (Å²) in [6.45, 7) is 1.58. The van der Waals surface area contributed by atoms with E-state index in [0.29, 0.717) is 11.4 Å². The van der Waals surface area contributed by atoms with Gasteiger partial charge in [-0.3, -0.25) is 14.9 Å². The molecule has 1 aromatic heterocycles. The Morgan fingerprint density at radius 3 is 2.77 bits per heavy atom. The number of anilines is 1. The molecule has 0 aliphatic rings. The number of carbonyl (C=O) groups is 1. The first-order valence-electron chi connectivity index (χ1n) is 7.30. The Kier molecular flexibility index (Phi) is 4.63. The molecule has 1 amide bonds. The Bertz CT molecular complexity index is 1020. The molecule has 3 aromatic rings. The fourth-order valence-electron chi connectivity index (χ4n) is 2.29. The minimum Gasteiger partial charge on any atom is -0.318 e. The monoisotopic (exact) mass is 375 g/mol. The largest absolute Gasteiger partial charge is 0.318 e. The van der Waals surface area contributed by atoms with Gasteiger partial charge in [-0.25, -0.2) is 9.07 Å². The summed E-state index contributed by atoms with van der Waals surface area (Å²) < 4.78 is 15.1. The fourth-order valence-corrected chi connectivity index (χ4v) is 2.45. The lowest BCUT2D eigenvalue weighted by Crippen LogP contribution is -2.15. The Balaban J connectivity index is 1.90. The van der Waals surface area contributed by atoms with Gasteiger partial charge in [-0.2, -0.15) is 0 Å². The zero-order valence-corrected chi connectivity index (χ0v) is 14.1. The molecule has 0 saturated carbocycles. The summed E-state index contributed by atoms with van der Waals surface area (Å²) in [7, 11) is 0. The van der Waals surface area contributed by atoms with Crippen molar-refractivity contribution in [3.63, 3.8) is 0 Å². The van der Waals surface area contributed by atoms with Gasteiger partial charge < -0.3 is 5.32 Å². The molecule has 1 heterocycles. The molecule has 132 valence electrons. The van der Waals surface area contributed by atoms with E-state index in [1.165, 1.54) is 35.0 Å². The zero-order chi connectivity index (χ0) is 18.8. The molecule has 0 radical (unpaired) electrons. The van der Waals surface area contributed by atoms with Crippen LogP contribution in [0, 0.1) is 22.9 Å². The second kappa shape index (κ2) is 6.89. The van der Waals surface area contributed by atoms with Gasteiger partial charge in [0.15, 0.2) is 5.69 Å². The maximum Gasteiger partial charge on any atom is 0.278 e. The van der Waals surface area contributed by atoms with Gasteiger partial charge >= 0.3 is 0 Å². The highest BCUT2D eigenvalue weighted by atomic mass is 35.5. The van der Waals surface area contributed by atoms with E-state index in [-0.39, 0.29) is 22.1 Å². The molecular weight excluding hydrogens is 365 g/mol. The molecular formula is C16H11ClFN5O3. The van der Waals surface area contributed by atoms with E-state index < -0.39 is 16.6 Å². The lowest BCUT2D eigenvalue weighted by atomic mass is 10.2. The lowest BCUT2D eigenvalue weighted by Gasteiger charge is -2.06. The van der Waals surface area contributed by atoms with Crippen LogP contribution < -0.4 is 5.32 Å². The average molecular weight is 376 g/mol. The van der Waals surface area contributed by atoms with E-state index in [2.05, 4.69) is 15.6 Å². The van der Waals surface area contributed by atoms with Gasteiger partial charge in [-0.05, 0) is 31.2 Å². The van der Waals surface area contributed by atoms with Crippen molar-refractivity contribution in [2.24, 2.45) is 0 Å². The highest BCUT2D eigenvalue weighted by molar-refractivity contribution is 6.30. The summed E-state index contributed by atoms with van der Waals surface area (Å²) in [6, 6.07) is 9.58. The number of hydrogen-bond acceptors (Lipinski definition) is 5. The summed E-state index contributed by atoms with van der Waals surface area (Å²) in [5.41, 5.74) is 0.513. The quantitative estimate of drug-likeness (QED) is 0.555. The molecule has 0 saturated heterocycles. The first-order chi connectivity index (χ1) is 12.4. The molecule has 10 heteroatoms. The molecule has 8 nitrogen and oxygen atoms in total. The van der Waals surface area contributed by atoms with E-state index in [1.807, 2.05) is 0 Å². The Morgan fingerprint density at radius 1 is 1.31 bits per heavy atom. The highest BCUT2D eigenvalue weighted by Crippen LogP contribution is 2.21. The SMILES string of the molecule is Cc1c(C(=O)Nc2ccc(Cl)cc2F)nnn1-c1cccc([N+](=O)[O-])c1. The first-order valence-corrected chi connectivity index (χ1v) is 7.68. The Morgan fingerprint density at radius 2 is 2.08 bits per heavy atom. The predicted octanol–water partition coefficient (Wildman–Crippen LogP) is 3.53. The third-order valence-corrected chi connectivity index (χ3v) is 3.81. The van der Waals surface area contributed by atoms with E-state index in [4.69, 9.17) is 11.6 Å². The van der Waals surface area contributed by atoms with Gasteiger partial charge in [-0.1, -0.05) is 22.9 Å². The van der Waals surface area contributed by atoms with Gasteiger partial charge in [0.2, 0.25) is 0 Å². The van der Waals surface area contributed by atoms with E-state index in [9.17, 15) is 19.3 Å². The average Bonchev–Trinajstić information content (AvgIpc) is 2.99. The number of hydrogen-bond donors (Lipinski definition) is 1. The second-order valence-corrected chi connectivity index (χ2v) is 5.73. The number of aromatic nitrogens is 3. The highest BCUT2D eigenvalue weighted by Gasteiger charge is 2.19. The molecule has 26 heavy (non-hydrogen) atoms. The number of nitrogens with zero attached hydrogens (tertiary/aromatic N) is 4. The molecule has 2 aromatic carbocycles. The van der Waals surface area contributed by atoms with Crippen LogP contribution in [0.3, 0.4) is 0 Å². The number of nitro benzene ring substituents is 1. The Hall–Kier alpha value is -3.33. The molecule has 0 unspecified atom stereocenters. The predicted molar refractivity (Wildman–Crippen MR) is 92.1 cm³/mol. The standard InChI is InChI=1S/C16H11ClFN5O3/c1-9-15(16(24)19-14-6-5-10(17)7-13(14)18)20-21-22(9)11-3-2-4-12(8-11)23(25)26/h2-8H,1H3,(H,19,24). The minimum absolute atomic E-state index is 0.0362. The number of halogens is 2. The minimum atomic E-state index is -0.686. The molecule has 0 bridgehead atoms. The topological polar surface area (TPSA) is 103 Å². The molecule has 0 spiro atoms. The molecule has 0 aliphatic heterocycles. The van der Waals surface area contributed by atoms with Crippen LogP contribution in [0.15, 0.2) is 42.5 Å². The molecule has 1 N–H and O–H groups in total. The van der Waals surface area contributed by atoms with Gasteiger partial charge in [0.25, 0.3) is 11.6 Å². The Labute approximate surface area is 151 Å². The van der Waals surface area contributed by atoms with Crippen LogP contribution in [-0.2, 0) is 0 Å². The van der Waals surface area contributed by atoms with Crippen LogP contribution >= 0.6 is 11.6 Å². The van der Waals surface area contributed by atoms with Crippen molar-refractivity contribution in [1.29, 1.82) is 0 Å². The van der Waals surface area contributed by atoms with Crippen molar-refractivity contribution in [2.75, 3.05) is 5.32 Å². The van der Waals surface area contributed by atoms with E-state index >= 15 is 0 Å². The van der Waals surface area contributed by atoms with Crippen molar-refractivity contribution in [2.45, 2.75) is 6.92 Å². The summed E-state index contributed by atoms with van der Waals surface area (Å²) in [5.74, 6) is -1.35. The molecule has 0 fully saturated rings. The van der Waals surface area contributed by atoms with Crippen molar-refractivity contribution in [3.05, 3.63) is 74.8 Å². The lowest BCUT2D eigenvalue weighted by molar-refractivity contribution is -0.384. The van der Waals surface area contributed by atoms with Crippen molar-refractivity contribution in [3.8, 4) is 5.69 Å². The van der Waals surface area contributed by atoms with Crippen LogP contribution in [-0.4, -0.2) is 25.8 Å². The molecule has 3 rings (SSSR count). The first kappa shape index (κ1) is 17.5. The van der Waals surface area contributed by atoms with E-state index in [1.54, 1.807) is 13.0 Å². The normalized spacial score (nSPS) is 10.6. The maximum absolute atomic E-state index is 13.8. The van der Waals surface area contributed by atoms with Crippen molar-refractivity contribution >= 4 is 28.9 Å². The third kappa shape index (κ3) is 3.38. The summed E-state index contributed by atoms with van der Waals surface area (Å²) in [5, 5.41) is 21.1. The van der Waals surface area contributed by atoms with Gasteiger partial charge in [0.05, 0.1) is 22.0 Å². The number of benzene rings is 2. The van der Waals surface area contributed by atoms with Crippen LogP contribution in [0.1, 0.15) is 16.2 Å². The fraction of sp³-hybridized carbons (Fsp3) is 0.0625. The number of amides is 1. The number of non-ortho nitro benzene ring substituents is 1. The summed E-state index contributed by atoms with van der Waals surface area (Å²) >= 11 is 5.68. The van der Waals surface area contributed by atoms with Crippen LogP contribution in [0.25, 0.3) is 5.69 Å². The van der Waals surface area contributed by atoms with Gasteiger partial charge in [0.1, 0.15) is 5.82 Å². The number of nitro groups is 1. The van der Waals surface area contributed by atoms with E-state index in [0.717, 1.165) is 6.07 Å². The molecule has 0 atom stereocenters. The third-order valence-electron chi connectivity index (χ3n) is 3.57. The van der Waals surface area contributed by atoms with Crippen LogP contribution in [0.2, 0.25) is 5.02 Å².